The van der Waals surface area contributed by atoms with Gasteiger partial charge in [-0.15, -0.1) is 0 Å². The summed E-state index contributed by atoms with van der Waals surface area (Å²) in [6.45, 7) is 2.25. The number of carbonyl (C=O) groups excluding carboxylic acids is 1. The maximum Gasteiger partial charge on any atom is 0.139 e. The van der Waals surface area contributed by atoms with Gasteiger partial charge in [0.15, 0.2) is 0 Å². The minimum Gasteiger partial charge on any atom is -0.497 e. The molecule has 2 saturated carbocycles. The molecule has 0 heterocycles. The molecule has 124 valence electrons. The number of benzene rings is 1. The molecule has 1 aromatic rings. The Labute approximate surface area is 139 Å². The van der Waals surface area contributed by atoms with E-state index in [0.29, 0.717) is 23.5 Å². The van der Waals surface area contributed by atoms with Crippen molar-refractivity contribution >= 4 is 5.78 Å². The van der Waals surface area contributed by atoms with E-state index < -0.39 is 0 Å². The summed E-state index contributed by atoms with van der Waals surface area (Å²) in [5.74, 6) is 3.57. The van der Waals surface area contributed by atoms with Crippen LogP contribution in [0.4, 0.5) is 0 Å². The van der Waals surface area contributed by atoms with Gasteiger partial charge in [0.1, 0.15) is 11.5 Å². The van der Waals surface area contributed by atoms with Crippen LogP contribution in [0, 0.1) is 17.3 Å². The van der Waals surface area contributed by atoms with Crippen LogP contribution < -0.4 is 4.74 Å². The highest BCUT2D eigenvalue weighted by Gasteiger charge is 2.54. The molecule has 2 heteroatoms. The molecule has 0 aromatic heterocycles. The van der Waals surface area contributed by atoms with Crippen LogP contribution in [0.2, 0.25) is 0 Å². The summed E-state index contributed by atoms with van der Waals surface area (Å²) >= 11 is 0. The summed E-state index contributed by atoms with van der Waals surface area (Å²) in [5, 5.41) is 0. The van der Waals surface area contributed by atoms with Crippen LogP contribution in [-0.2, 0) is 11.2 Å². The summed E-state index contributed by atoms with van der Waals surface area (Å²) in [5.41, 5.74) is 3.05. The van der Waals surface area contributed by atoms with Crippen molar-refractivity contribution < 1.29 is 9.53 Å². The molecule has 0 saturated heterocycles. The highest BCUT2D eigenvalue weighted by atomic mass is 16.5. The second-order valence-electron chi connectivity index (χ2n) is 7.84. The molecular formula is C21H28O2. The molecule has 3 aliphatic rings. The molecule has 2 fully saturated rings. The first-order valence-electron chi connectivity index (χ1n) is 9.39. The molecule has 0 unspecified atom stereocenters. The van der Waals surface area contributed by atoms with Crippen molar-refractivity contribution in [1.29, 1.82) is 0 Å². The molecule has 23 heavy (non-hydrogen) atoms. The van der Waals surface area contributed by atoms with Crippen molar-refractivity contribution in [3.63, 3.8) is 0 Å². The predicted octanol–water partition coefficient (Wildman–Crippen LogP) is 4.90. The number of carbonyl (C=O) groups is 1. The Morgan fingerprint density at radius 2 is 2.09 bits per heavy atom. The fourth-order valence-corrected chi connectivity index (χ4v) is 6.10. The summed E-state index contributed by atoms with van der Waals surface area (Å²) < 4.78 is 5.41. The summed E-state index contributed by atoms with van der Waals surface area (Å²) in [7, 11) is 1.75. The second kappa shape index (κ2) is 5.65. The van der Waals surface area contributed by atoms with E-state index in [1.165, 1.54) is 24.8 Å². The Balaban J connectivity index is 1.70. The standard InChI is InChI=1S/C21H28O2/c1-3-21-12-11-17-16-10-8-15(23-2)13-14(16)7-9-18(17)19(21)5-4-6-20(21)22/h8,10,13,17-19H,3-7,9,11-12H2,1-2H3/t17-,18-,19+,21+/m1/s1. The number of ketones is 1. The van der Waals surface area contributed by atoms with Gasteiger partial charge in [-0.25, -0.2) is 0 Å². The van der Waals surface area contributed by atoms with Crippen LogP contribution in [0.1, 0.15) is 68.9 Å². The van der Waals surface area contributed by atoms with Gasteiger partial charge in [0, 0.05) is 11.8 Å². The largest absolute Gasteiger partial charge is 0.497 e. The van der Waals surface area contributed by atoms with Crippen LogP contribution in [0.3, 0.4) is 0 Å². The number of Topliss-reactive ketones (excluding diaryl/α,β-unsaturated/α-hetero) is 1. The van der Waals surface area contributed by atoms with Crippen LogP contribution in [0.25, 0.3) is 0 Å². The number of hydrogen-bond acceptors (Lipinski definition) is 2. The number of hydrogen-bond donors (Lipinski definition) is 0. The van der Waals surface area contributed by atoms with E-state index in [4.69, 9.17) is 4.74 Å². The second-order valence-corrected chi connectivity index (χ2v) is 7.84. The van der Waals surface area contributed by atoms with E-state index in [9.17, 15) is 4.79 Å². The van der Waals surface area contributed by atoms with Crippen molar-refractivity contribution in [3.8, 4) is 5.75 Å². The van der Waals surface area contributed by atoms with Gasteiger partial charge in [-0.3, -0.25) is 4.79 Å². The maximum absolute atomic E-state index is 12.8. The summed E-state index contributed by atoms with van der Waals surface area (Å²) in [6, 6.07) is 6.66. The molecular weight excluding hydrogens is 284 g/mol. The Morgan fingerprint density at radius 3 is 2.87 bits per heavy atom. The van der Waals surface area contributed by atoms with E-state index in [1.807, 2.05) is 0 Å². The minimum atomic E-state index is 0.0173. The first-order chi connectivity index (χ1) is 11.2. The third-order valence-electron chi connectivity index (χ3n) is 7.25. The molecule has 0 spiro atoms. The highest BCUT2D eigenvalue weighted by Crippen LogP contribution is 2.59. The quantitative estimate of drug-likeness (QED) is 0.776. The number of fused-ring (bicyclic) bond motifs is 5. The zero-order chi connectivity index (χ0) is 16.0. The zero-order valence-corrected chi connectivity index (χ0v) is 14.4. The van der Waals surface area contributed by atoms with Crippen molar-refractivity contribution in [2.45, 2.75) is 64.2 Å². The molecule has 4 rings (SSSR count). The van der Waals surface area contributed by atoms with Gasteiger partial charge in [-0.05, 0) is 86.0 Å². The van der Waals surface area contributed by atoms with Crippen LogP contribution in [0.5, 0.6) is 5.75 Å². The molecule has 0 radical (unpaired) electrons. The summed E-state index contributed by atoms with van der Waals surface area (Å²) in [4.78, 5) is 12.8. The molecule has 0 bridgehead atoms. The lowest BCUT2D eigenvalue weighted by atomic mass is 9.49. The van der Waals surface area contributed by atoms with Gasteiger partial charge >= 0.3 is 0 Å². The molecule has 4 atom stereocenters. The molecule has 0 amide bonds. The Kier molecular flexibility index (Phi) is 3.74. The molecule has 0 aliphatic heterocycles. The highest BCUT2D eigenvalue weighted by molar-refractivity contribution is 5.86. The van der Waals surface area contributed by atoms with Crippen molar-refractivity contribution in [3.05, 3.63) is 29.3 Å². The van der Waals surface area contributed by atoms with E-state index in [-0.39, 0.29) is 5.41 Å². The van der Waals surface area contributed by atoms with E-state index in [0.717, 1.165) is 37.9 Å². The topological polar surface area (TPSA) is 26.3 Å². The Morgan fingerprint density at radius 1 is 1.22 bits per heavy atom. The van der Waals surface area contributed by atoms with E-state index in [2.05, 4.69) is 25.1 Å². The molecule has 3 aliphatic carbocycles. The van der Waals surface area contributed by atoms with E-state index in [1.54, 1.807) is 12.7 Å². The average molecular weight is 312 g/mol. The van der Waals surface area contributed by atoms with Gasteiger partial charge in [0.05, 0.1) is 7.11 Å². The van der Waals surface area contributed by atoms with Gasteiger partial charge in [0.25, 0.3) is 0 Å². The first kappa shape index (κ1) is 15.2. The fraction of sp³-hybridized carbons (Fsp3) is 0.667. The van der Waals surface area contributed by atoms with Crippen LogP contribution in [-0.4, -0.2) is 12.9 Å². The van der Waals surface area contributed by atoms with Crippen molar-refractivity contribution in [2.24, 2.45) is 17.3 Å². The lowest BCUT2D eigenvalue weighted by Crippen LogP contribution is -2.50. The average Bonchev–Trinajstić information content (AvgIpc) is 2.61. The number of ether oxygens (including phenoxy) is 1. The van der Waals surface area contributed by atoms with Crippen molar-refractivity contribution in [2.75, 3.05) is 7.11 Å². The van der Waals surface area contributed by atoms with Gasteiger partial charge in [-0.2, -0.15) is 0 Å². The van der Waals surface area contributed by atoms with Crippen LogP contribution >= 0.6 is 0 Å². The fourth-order valence-electron chi connectivity index (χ4n) is 6.10. The predicted molar refractivity (Wildman–Crippen MR) is 91.9 cm³/mol. The van der Waals surface area contributed by atoms with Crippen LogP contribution in [0.15, 0.2) is 18.2 Å². The zero-order valence-electron chi connectivity index (χ0n) is 14.4. The van der Waals surface area contributed by atoms with Crippen molar-refractivity contribution in [1.82, 2.24) is 0 Å². The minimum absolute atomic E-state index is 0.0173. The number of rotatable bonds is 2. The molecule has 0 N–H and O–H groups in total. The lowest BCUT2D eigenvalue weighted by Gasteiger charge is -2.54. The van der Waals surface area contributed by atoms with Gasteiger partial charge in [0.2, 0.25) is 0 Å². The van der Waals surface area contributed by atoms with E-state index >= 15 is 0 Å². The molecule has 1 aromatic carbocycles. The first-order valence-corrected chi connectivity index (χ1v) is 9.39. The Hall–Kier alpha value is -1.31. The number of methoxy groups -OCH3 is 1. The summed E-state index contributed by atoms with van der Waals surface area (Å²) in [6.07, 6.45) is 8.98. The number of aryl methyl sites for hydroxylation is 1. The monoisotopic (exact) mass is 312 g/mol. The SMILES string of the molecule is CC[C@]12CC[C@@H]3c4ccc(OC)cc4CC[C@H]3[C@@H]1CCCC2=O. The third kappa shape index (κ3) is 2.17. The van der Waals surface area contributed by atoms with Gasteiger partial charge < -0.3 is 4.74 Å². The third-order valence-corrected chi connectivity index (χ3v) is 7.25. The normalized spacial score (nSPS) is 35.9. The smallest absolute Gasteiger partial charge is 0.139 e. The molecule has 2 nitrogen and oxygen atoms in total. The lowest BCUT2D eigenvalue weighted by molar-refractivity contribution is -0.142. The van der Waals surface area contributed by atoms with Gasteiger partial charge in [-0.1, -0.05) is 13.0 Å². The Bertz CT molecular complexity index is 620. The maximum atomic E-state index is 12.8.